The highest BCUT2D eigenvalue weighted by Crippen LogP contribution is 2.61. The lowest BCUT2D eigenvalue weighted by molar-refractivity contribution is 0.196. The third kappa shape index (κ3) is 2.61. The van der Waals surface area contributed by atoms with Gasteiger partial charge in [-0.3, -0.25) is 0 Å². The highest BCUT2D eigenvalue weighted by Gasteiger charge is 2.42. The Labute approximate surface area is 172 Å². The summed E-state index contributed by atoms with van der Waals surface area (Å²) in [7, 11) is 0. The molecular weight excluding hydrogens is 360 g/mol. The van der Waals surface area contributed by atoms with Crippen molar-refractivity contribution in [1.29, 1.82) is 0 Å². The van der Waals surface area contributed by atoms with E-state index in [1.165, 1.54) is 37.9 Å². The summed E-state index contributed by atoms with van der Waals surface area (Å²) in [6.45, 7) is 13.8. The average molecular weight is 389 g/mol. The zero-order chi connectivity index (χ0) is 19.8. The molecule has 1 aliphatic carbocycles. The minimum absolute atomic E-state index is 0.0754. The Morgan fingerprint density at radius 2 is 1.50 bits per heavy atom. The van der Waals surface area contributed by atoms with Crippen LogP contribution < -0.4 is 4.74 Å². The van der Waals surface area contributed by atoms with Crippen molar-refractivity contribution < 1.29 is 4.74 Å². The van der Waals surface area contributed by atoms with E-state index in [-0.39, 0.29) is 16.9 Å². The molecule has 0 N–H and O–H groups in total. The van der Waals surface area contributed by atoms with Crippen molar-refractivity contribution >= 4 is 22.5 Å². The van der Waals surface area contributed by atoms with E-state index >= 15 is 0 Å². The van der Waals surface area contributed by atoms with Crippen LogP contribution in [-0.4, -0.2) is 0 Å². The molecule has 0 saturated heterocycles. The van der Waals surface area contributed by atoms with Crippen LogP contribution in [0.3, 0.4) is 0 Å². The maximum Gasteiger partial charge on any atom is 0.141 e. The van der Waals surface area contributed by atoms with Gasteiger partial charge in [-0.2, -0.15) is 0 Å². The van der Waals surface area contributed by atoms with Gasteiger partial charge in [0, 0.05) is 5.56 Å². The van der Waals surface area contributed by atoms with Crippen LogP contribution in [-0.2, 0) is 10.8 Å². The molecule has 2 atom stereocenters. The average Bonchev–Trinajstić information content (AvgIpc) is 2.93. The summed E-state index contributed by atoms with van der Waals surface area (Å²) in [6.07, 6.45) is 0.0987. The molecule has 0 amide bonds. The van der Waals surface area contributed by atoms with Gasteiger partial charge >= 0.3 is 0 Å². The number of hydrogen-bond acceptors (Lipinski definition) is 2. The number of fused-ring (bicyclic) bond motifs is 4. The van der Waals surface area contributed by atoms with Gasteiger partial charge in [-0.1, -0.05) is 84.0 Å². The largest absolute Gasteiger partial charge is 0.483 e. The lowest BCUT2D eigenvalue weighted by Crippen LogP contribution is -2.22. The Balaban J connectivity index is 1.72. The van der Waals surface area contributed by atoms with Gasteiger partial charge in [0.25, 0.3) is 0 Å². The van der Waals surface area contributed by atoms with E-state index in [1.807, 2.05) is 11.8 Å². The van der Waals surface area contributed by atoms with Crippen LogP contribution in [0.4, 0.5) is 0 Å². The molecule has 3 aromatic rings. The van der Waals surface area contributed by atoms with Gasteiger partial charge < -0.3 is 4.74 Å². The summed E-state index contributed by atoms with van der Waals surface area (Å²) in [4.78, 5) is 1.33. The van der Waals surface area contributed by atoms with Crippen molar-refractivity contribution in [2.45, 2.75) is 68.6 Å². The Kier molecular flexibility index (Phi) is 3.75. The normalized spacial score (nSPS) is 20.6. The number of thioether (sulfide) groups is 1. The number of hydrogen-bond donors (Lipinski definition) is 0. The van der Waals surface area contributed by atoms with E-state index < -0.39 is 0 Å². The first-order valence-corrected chi connectivity index (χ1v) is 11.1. The molecule has 0 unspecified atom stereocenters. The lowest BCUT2D eigenvalue weighted by Gasteiger charge is -2.35. The van der Waals surface area contributed by atoms with Crippen molar-refractivity contribution in [2.75, 3.05) is 0 Å². The van der Waals surface area contributed by atoms with Gasteiger partial charge in [0.15, 0.2) is 0 Å². The summed E-state index contributed by atoms with van der Waals surface area (Å²) in [5.74, 6) is 1.06. The molecule has 144 valence electrons. The van der Waals surface area contributed by atoms with Crippen molar-refractivity contribution in [3.63, 3.8) is 0 Å². The van der Waals surface area contributed by atoms with Crippen LogP contribution in [0.1, 0.15) is 75.2 Å². The second kappa shape index (κ2) is 5.79. The number of rotatable bonds is 0. The van der Waals surface area contributed by atoms with E-state index in [9.17, 15) is 0 Å². The fourth-order valence-electron chi connectivity index (χ4n) is 4.52. The summed E-state index contributed by atoms with van der Waals surface area (Å²) in [6, 6.07) is 18.0. The zero-order valence-electron chi connectivity index (χ0n) is 17.6. The fourth-order valence-corrected chi connectivity index (χ4v) is 6.13. The fraction of sp³-hybridized carbons (Fsp3) is 0.385. The summed E-state index contributed by atoms with van der Waals surface area (Å²) < 4.78 is 6.78. The van der Waals surface area contributed by atoms with E-state index in [2.05, 4.69) is 90.1 Å². The molecular formula is C26H28OS. The van der Waals surface area contributed by atoms with Gasteiger partial charge in [-0.25, -0.2) is 0 Å². The Morgan fingerprint density at radius 1 is 0.821 bits per heavy atom. The maximum absolute atomic E-state index is 6.78. The summed E-state index contributed by atoms with van der Waals surface area (Å²) in [5.41, 5.74) is 5.69. The molecule has 2 heteroatoms. The van der Waals surface area contributed by atoms with Gasteiger partial charge in [0.1, 0.15) is 11.9 Å². The standard InChI is InChI=1S/C26H28OS/c1-25(2,3)16-13-19(26(4,5)6)24-20(14-16)27-22-17-11-7-9-15-10-8-12-18(21(15)17)23(22)28-24/h7-14,22-23H,1-6H3/t22-,23+/m1/s1. The van der Waals surface area contributed by atoms with Gasteiger partial charge in [-0.15, -0.1) is 11.8 Å². The SMILES string of the molecule is CC(C)(C)c1cc2c(c(C(C)(C)C)c1)S[C@H]1c3cccc4cccc(c34)[C@H]1O2. The van der Waals surface area contributed by atoms with Crippen molar-refractivity contribution in [3.8, 4) is 5.75 Å². The minimum atomic E-state index is 0.0754. The van der Waals surface area contributed by atoms with Crippen molar-refractivity contribution in [3.05, 3.63) is 70.8 Å². The Morgan fingerprint density at radius 3 is 2.14 bits per heavy atom. The second-order valence-corrected chi connectivity index (χ2v) is 11.4. The number of ether oxygens (including phenoxy) is 1. The Hall–Kier alpha value is -1.93. The van der Waals surface area contributed by atoms with Crippen molar-refractivity contribution in [2.24, 2.45) is 0 Å². The van der Waals surface area contributed by atoms with Crippen LogP contribution in [0.2, 0.25) is 0 Å². The van der Waals surface area contributed by atoms with E-state index in [1.54, 1.807) is 0 Å². The first kappa shape index (κ1) is 18.1. The predicted molar refractivity (Wildman–Crippen MR) is 120 cm³/mol. The van der Waals surface area contributed by atoms with E-state index in [0.717, 1.165) is 5.75 Å². The molecule has 5 rings (SSSR count). The van der Waals surface area contributed by atoms with Gasteiger partial charge in [-0.05, 0) is 44.4 Å². The van der Waals surface area contributed by atoms with Crippen LogP contribution in [0.15, 0.2) is 53.4 Å². The highest BCUT2D eigenvalue weighted by molar-refractivity contribution is 7.99. The third-order valence-electron chi connectivity index (χ3n) is 6.08. The Bertz CT molecular complexity index is 1090. The molecule has 1 nitrogen and oxygen atoms in total. The van der Waals surface area contributed by atoms with Crippen LogP contribution in [0.5, 0.6) is 5.75 Å². The van der Waals surface area contributed by atoms with Crippen LogP contribution in [0.25, 0.3) is 10.8 Å². The zero-order valence-corrected chi connectivity index (χ0v) is 18.4. The minimum Gasteiger partial charge on any atom is -0.483 e. The quantitative estimate of drug-likeness (QED) is 0.390. The van der Waals surface area contributed by atoms with Crippen LogP contribution >= 0.6 is 11.8 Å². The molecule has 3 aromatic carbocycles. The van der Waals surface area contributed by atoms with E-state index in [0.29, 0.717) is 5.25 Å². The molecule has 28 heavy (non-hydrogen) atoms. The molecule has 0 radical (unpaired) electrons. The second-order valence-electron chi connectivity index (χ2n) is 10.2. The topological polar surface area (TPSA) is 9.23 Å². The molecule has 1 heterocycles. The monoisotopic (exact) mass is 388 g/mol. The molecule has 2 aliphatic rings. The van der Waals surface area contributed by atoms with Gasteiger partial charge in [0.05, 0.1) is 10.1 Å². The smallest absolute Gasteiger partial charge is 0.141 e. The molecule has 1 aliphatic heterocycles. The summed E-state index contributed by atoms with van der Waals surface area (Å²) in [5, 5.41) is 3.05. The lowest BCUT2D eigenvalue weighted by atomic mass is 9.80. The molecule has 0 aromatic heterocycles. The van der Waals surface area contributed by atoms with Gasteiger partial charge in [0.2, 0.25) is 0 Å². The molecule has 0 spiro atoms. The molecule has 0 saturated carbocycles. The first-order valence-electron chi connectivity index (χ1n) is 10.2. The first-order chi connectivity index (χ1) is 13.1. The van der Waals surface area contributed by atoms with E-state index in [4.69, 9.17) is 4.74 Å². The molecule has 0 bridgehead atoms. The van der Waals surface area contributed by atoms with Crippen LogP contribution in [0, 0.1) is 0 Å². The number of benzene rings is 3. The van der Waals surface area contributed by atoms with Crippen molar-refractivity contribution in [1.82, 2.24) is 0 Å². The molecule has 0 fully saturated rings. The predicted octanol–water partition coefficient (Wildman–Crippen LogP) is 7.72. The summed E-state index contributed by atoms with van der Waals surface area (Å²) >= 11 is 2.01. The third-order valence-corrected chi connectivity index (χ3v) is 7.50. The highest BCUT2D eigenvalue weighted by atomic mass is 32.2. The maximum atomic E-state index is 6.78.